The van der Waals surface area contributed by atoms with Gasteiger partial charge in [0, 0.05) is 6.20 Å². The molecular formula is C18H19ClN2O2. The van der Waals surface area contributed by atoms with Crippen molar-refractivity contribution in [1.82, 2.24) is 10.3 Å². The van der Waals surface area contributed by atoms with E-state index in [9.17, 15) is 9.90 Å². The Morgan fingerprint density at radius 2 is 2.13 bits per heavy atom. The van der Waals surface area contributed by atoms with Crippen molar-refractivity contribution in [2.45, 2.75) is 31.9 Å². The fourth-order valence-electron chi connectivity index (χ4n) is 2.93. The number of halogens is 1. The SMILES string of the molecule is Cc1ccc(Cl)c(C(=O)N[C@H](c2ccccn2)C2CC(O)C2)c1. The number of nitrogens with one attached hydrogen (secondary N) is 1. The zero-order valence-corrected chi connectivity index (χ0v) is 13.6. The normalized spacial score (nSPS) is 21.3. The standard InChI is InChI=1S/C18H19ClN2O2/c1-11-5-6-15(19)14(8-11)18(23)21-17(12-9-13(22)10-12)16-4-2-3-7-20-16/h2-8,12-13,17,22H,9-10H2,1H3,(H,21,23)/t12?,13?,17-/m0/s1. The fraction of sp³-hybridized carbons (Fsp3) is 0.333. The van der Waals surface area contributed by atoms with E-state index in [0.29, 0.717) is 23.4 Å². The van der Waals surface area contributed by atoms with Crippen LogP contribution in [0.25, 0.3) is 0 Å². The zero-order chi connectivity index (χ0) is 16.4. The predicted molar refractivity (Wildman–Crippen MR) is 89.4 cm³/mol. The number of pyridine rings is 1. The highest BCUT2D eigenvalue weighted by Gasteiger charge is 2.36. The first kappa shape index (κ1) is 16.0. The Morgan fingerprint density at radius 1 is 1.35 bits per heavy atom. The van der Waals surface area contributed by atoms with E-state index in [0.717, 1.165) is 11.3 Å². The van der Waals surface area contributed by atoms with Gasteiger partial charge < -0.3 is 10.4 Å². The lowest BCUT2D eigenvalue weighted by atomic mass is 9.76. The first-order valence-corrected chi connectivity index (χ1v) is 8.08. The lowest BCUT2D eigenvalue weighted by Gasteiger charge is -2.37. The molecule has 0 spiro atoms. The van der Waals surface area contributed by atoms with Crippen LogP contribution in [0.15, 0.2) is 42.6 Å². The van der Waals surface area contributed by atoms with Crippen molar-refractivity contribution in [1.29, 1.82) is 0 Å². The van der Waals surface area contributed by atoms with Gasteiger partial charge in [0.2, 0.25) is 0 Å². The van der Waals surface area contributed by atoms with Crippen molar-refractivity contribution in [2.24, 2.45) is 5.92 Å². The predicted octanol–water partition coefficient (Wildman–Crippen LogP) is 3.29. The Kier molecular flexibility index (Phi) is 4.64. The number of hydrogen-bond acceptors (Lipinski definition) is 3. The first-order valence-electron chi connectivity index (χ1n) is 7.70. The Hall–Kier alpha value is -1.91. The van der Waals surface area contributed by atoms with E-state index < -0.39 is 0 Å². The molecule has 1 amide bonds. The van der Waals surface area contributed by atoms with E-state index >= 15 is 0 Å². The Bertz CT molecular complexity index is 699. The summed E-state index contributed by atoms with van der Waals surface area (Å²) in [6, 6.07) is 10.8. The zero-order valence-electron chi connectivity index (χ0n) is 12.9. The number of nitrogens with zero attached hydrogens (tertiary/aromatic N) is 1. The third kappa shape index (κ3) is 3.54. The maximum absolute atomic E-state index is 12.6. The van der Waals surface area contributed by atoms with Gasteiger partial charge in [-0.2, -0.15) is 0 Å². The molecule has 1 aromatic carbocycles. The van der Waals surface area contributed by atoms with Crippen molar-refractivity contribution >= 4 is 17.5 Å². The number of aromatic nitrogens is 1. The molecule has 1 aromatic heterocycles. The van der Waals surface area contributed by atoms with Crippen molar-refractivity contribution in [2.75, 3.05) is 0 Å². The summed E-state index contributed by atoms with van der Waals surface area (Å²) in [5.41, 5.74) is 2.25. The second-order valence-corrected chi connectivity index (χ2v) is 6.48. The number of amides is 1. The summed E-state index contributed by atoms with van der Waals surface area (Å²) in [6.07, 6.45) is 2.76. The molecule has 0 radical (unpaired) electrons. The molecule has 0 bridgehead atoms. The van der Waals surface area contributed by atoms with Crippen LogP contribution in [0.4, 0.5) is 0 Å². The van der Waals surface area contributed by atoms with Crippen molar-refractivity contribution < 1.29 is 9.90 Å². The monoisotopic (exact) mass is 330 g/mol. The quantitative estimate of drug-likeness (QED) is 0.904. The summed E-state index contributed by atoms with van der Waals surface area (Å²) < 4.78 is 0. The van der Waals surface area contributed by atoms with E-state index in [1.807, 2.05) is 31.2 Å². The average molecular weight is 331 g/mol. The summed E-state index contributed by atoms with van der Waals surface area (Å²) in [5.74, 6) is -0.0248. The van der Waals surface area contributed by atoms with Crippen LogP contribution >= 0.6 is 11.6 Å². The lowest BCUT2D eigenvalue weighted by Crippen LogP contribution is -2.41. The van der Waals surface area contributed by atoms with E-state index in [2.05, 4.69) is 10.3 Å². The highest BCUT2D eigenvalue weighted by molar-refractivity contribution is 6.33. The molecule has 23 heavy (non-hydrogen) atoms. The van der Waals surface area contributed by atoms with Gasteiger partial charge in [0.05, 0.1) is 28.4 Å². The number of benzene rings is 1. The molecule has 120 valence electrons. The molecular weight excluding hydrogens is 312 g/mol. The Balaban J connectivity index is 1.83. The molecule has 1 aliphatic rings. The van der Waals surface area contributed by atoms with Crippen LogP contribution in [0.2, 0.25) is 5.02 Å². The molecule has 2 N–H and O–H groups in total. The topological polar surface area (TPSA) is 62.2 Å². The highest BCUT2D eigenvalue weighted by atomic mass is 35.5. The molecule has 1 aliphatic carbocycles. The van der Waals surface area contributed by atoms with Gasteiger partial charge in [-0.15, -0.1) is 0 Å². The molecule has 0 aliphatic heterocycles. The summed E-state index contributed by atoms with van der Waals surface area (Å²) >= 11 is 6.15. The molecule has 0 saturated heterocycles. The number of aryl methyl sites for hydroxylation is 1. The van der Waals surface area contributed by atoms with Crippen LogP contribution in [0.5, 0.6) is 0 Å². The number of aliphatic hydroxyl groups is 1. The van der Waals surface area contributed by atoms with Gasteiger partial charge in [-0.3, -0.25) is 9.78 Å². The van der Waals surface area contributed by atoms with Gasteiger partial charge in [0.1, 0.15) is 0 Å². The van der Waals surface area contributed by atoms with Crippen LogP contribution in [0.1, 0.15) is 40.5 Å². The third-order valence-electron chi connectivity index (χ3n) is 4.28. The maximum atomic E-state index is 12.6. The van der Waals surface area contributed by atoms with Crippen molar-refractivity contribution in [3.8, 4) is 0 Å². The minimum Gasteiger partial charge on any atom is -0.393 e. The molecule has 1 fully saturated rings. The molecule has 5 heteroatoms. The molecule has 1 saturated carbocycles. The van der Waals surface area contributed by atoms with Crippen LogP contribution in [0.3, 0.4) is 0 Å². The molecule has 0 unspecified atom stereocenters. The second kappa shape index (κ2) is 6.69. The van der Waals surface area contributed by atoms with Gasteiger partial charge in [-0.25, -0.2) is 0 Å². The largest absolute Gasteiger partial charge is 0.393 e. The van der Waals surface area contributed by atoms with Gasteiger partial charge in [0.25, 0.3) is 5.91 Å². The first-order chi connectivity index (χ1) is 11.0. The van der Waals surface area contributed by atoms with Gasteiger partial charge in [-0.1, -0.05) is 29.3 Å². The van der Waals surface area contributed by atoms with E-state index in [1.54, 1.807) is 18.3 Å². The van der Waals surface area contributed by atoms with E-state index in [1.165, 1.54) is 0 Å². The molecule has 4 nitrogen and oxygen atoms in total. The van der Waals surface area contributed by atoms with Gasteiger partial charge in [-0.05, 0) is 49.9 Å². The molecule has 1 heterocycles. The summed E-state index contributed by atoms with van der Waals surface area (Å²) in [5, 5.41) is 13.1. The van der Waals surface area contributed by atoms with Crippen LogP contribution in [-0.2, 0) is 0 Å². The Labute approximate surface area is 140 Å². The molecule has 1 atom stereocenters. The summed E-state index contributed by atoms with van der Waals surface area (Å²) in [7, 11) is 0. The summed E-state index contributed by atoms with van der Waals surface area (Å²) in [6.45, 7) is 1.92. The van der Waals surface area contributed by atoms with E-state index in [-0.39, 0.29) is 24.0 Å². The Morgan fingerprint density at radius 3 is 2.78 bits per heavy atom. The van der Waals surface area contributed by atoms with E-state index in [4.69, 9.17) is 11.6 Å². The van der Waals surface area contributed by atoms with Crippen LogP contribution in [-0.4, -0.2) is 22.1 Å². The minimum atomic E-state index is -0.286. The number of rotatable bonds is 4. The average Bonchev–Trinajstić information content (AvgIpc) is 2.53. The van der Waals surface area contributed by atoms with Crippen LogP contribution < -0.4 is 5.32 Å². The number of carbonyl (C=O) groups excluding carboxylic acids is 1. The van der Waals surface area contributed by atoms with Crippen molar-refractivity contribution in [3.05, 3.63) is 64.4 Å². The summed E-state index contributed by atoms with van der Waals surface area (Å²) in [4.78, 5) is 17.0. The smallest absolute Gasteiger partial charge is 0.253 e. The lowest BCUT2D eigenvalue weighted by molar-refractivity contribution is 0.0228. The minimum absolute atomic E-state index is 0.187. The van der Waals surface area contributed by atoms with Crippen molar-refractivity contribution in [3.63, 3.8) is 0 Å². The van der Waals surface area contributed by atoms with Gasteiger partial charge in [0.15, 0.2) is 0 Å². The second-order valence-electron chi connectivity index (χ2n) is 6.07. The fourth-order valence-corrected chi connectivity index (χ4v) is 3.13. The number of hydrogen-bond donors (Lipinski definition) is 2. The third-order valence-corrected chi connectivity index (χ3v) is 4.61. The van der Waals surface area contributed by atoms with Crippen LogP contribution in [0, 0.1) is 12.8 Å². The van der Waals surface area contributed by atoms with Gasteiger partial charge >= 0.3 is 0 Å². The number of carbonyl (C=O) groups is 1. The maximum Gasteiger partial charge on any atom is 0.253 e. The molecule has 3 rings (SSSR count). The number of aliphatic hydroxyl groups excluding tert-OH is 1. The highest BCUT2D eigenvalue weighted by Crippen LogP contribution is 2.37. The molecule has 2 aromatic rings.